The van der Waals surface area contributed by atoms with Gasteiger partial charge in [-0.15, -0.1) is 0 Å². The molecule has 0 aliphatic rings. The molecule has 92 valence electrons. The molecule has 0 spiro atoms. The van der Waals surface area contributed by atoms with E-state index in [1.807, 2.05) is 0 Å². The number of hydrogen-bond donors (Lipinski definition) is 1. The number of esters is 1. The molecule has 0 aromatic rings. The Morgan fingerprint density at radius 3 is 2.62 bits per heavy atom. The van der Waals surface area contributed by atoms with Crippen molar-refractivity contribution in [2.45, 2.75) is 26.6 Å². The molecule has 16 heavy (non-hydrogen) atoms. The molecule has 0 rings (SSSR count). The van der Waals surface area contributed by atoms with E-state index in [1.54, 1.807) is 6.92 Å². The van der Waals surface area contributed by atoms with E-state index in [0.29, 0.717) is 0 Å². The van der Waals surface area contributed by atoms with Crippen molar-refractivity contribution < 1.29 is 24.3 Å². The van der Waals surface area contributed by atoms with Crippen molar-refractivity contribution in [2.75, 3.05) is 13.6 Å². The second-order valence-corrected chi connectivity index (χ2v) is 2.90. The van der Waals surface area contributed by atoms with E-state index < -0.39 is 18.2 Å². The van der Waals surface area contributed by atoms with Gasteiger partial charge in [0.15, 0.2) is 0 Å². The van der Waals surface area contributed by atoms with Crippen molar-refractivity contribution in [1.82, 2.24) is 5.01 Å². The summed E-state index contributed by atoms with van der Waals surface area (Å²) in [7, 11) is 1.42. The zero-order valence-electron chi connectivity index (χ0n) is 9.41. The Hall–Kier alpha value is -1.86. The molecular weight excluding hydrogens is 218 g/mol. The number of carbonyl (C=O) groups is 2. The summed E-state index contributed by atoms with van der Waals surface area (Å²) in [4.78, 5) is 25.7. The second kappa shape index (κ2) is 7.43. The van der Waals surface area contributed by atoms with Gasteiger partial charge < -0.3 is 14.7 Å². The number of carboxylic acids is 1. The topological polar surface area (TPSA) is 101 Å². The minimum absolute atomic E-state index is 0.240. The average molecular weight is 233 g/mol. The van der Waals surface area contributed by atoms with Gasteiger partial charge in [0.2, 0.25) is 0 Å². The number of nitrogens with zero attached hydrogens (tertiary/aromatic N) is 3. The molecule has 0 heterocycles. The summed E-state index contributed by atoms with van der Waals surface area (Å²) in [5.41, 5.74) is 0. The van der Waals surface area contributed by atoms with Crippen LogP contribution in [0.25, 0.3) is 0 Å². The Labute approximate surface area is 92.8 Å². The summed E-state index contributed by atoms with van der Waals surface area (Å²) < 4.78 is 4.71. The van der Waals surface area contributed by atoms with Gasteiger partial charge in [-0.05, 0) is 5.22 Å². The lowest BCUT2D eigenvalue weighted by molar-refractivity contribution is -0.177. The van der Waals surface area contributed by atoms with Crippen LogP contribution in [-0.2, 0) is 19.2 Å². The summed E-state index contributed by atoms with van der Waals surface area (Å²) in [6.07, 6.45) is -0.613. The van der Waals surface area contributed by atoms with Gasteiger partial charge in [0.1, 0.15) is 6.54 Å². The fourth-order valence-electron chi connectivity index (χ4n) is 0.667. The fourth-order valence-corrected chi connectivity index (χ4v) is 0.667. The molecule has 0 bridgehead atoms. The number of ether oxygens (including phenoxy) is 1. The summed E-state index contributed by atoms with van der Waals surface area (Å²) in [6.45, 7) is 2.83. The average Bonchev–Trinajstić information content (AvgIpc) is 2.16. The molecule has 8 heteroatoms. The lowest BCUT2D eigenvalue weighted by Crippen LogP contribution is -2.20. The van der Waals surface area contributed by atoms with Crippen LogP contribution in [0.1, 0.15) is 20.3 Å². The Kier molecular flexibility index (Phi) is 6.57. The first-order valence-corrected chi connectivity index (χ1v) is 4.64. The van der Waals surface area contributed by atoms with Crippen LogP contribution in [-0.4, -0.2) is 41.9 Å². The zero-order valence-corrected chi connectivity index (χ0v) is 9.41. The number of hydrogen-bond acceptors (Lipinski definition) is 6. The molecule has 0 aliphatic heterocycles. The van der Waals surface area contributed by atoms with E-state index in [-0.39, 0.29) is 13.0 Å². The molecule has 0 radical (unpaired) electrons. The van der Waals surface area contributed by atoms with Gasteiger partial charge in [0.25, 0.3) is 6.29 Å². The molecule has 0 fully saturated rings. The maximum atomic E-state index is 10.8. The molecule has 1 unspecified atom stereocenters. The van der Waals surface area contributed by atoms with Crippen molar-refractivity contribution in [3.8, 4) is 0 Å². The van der Waals surface area contributed by atoms with E-state index >= 15 is 0 Å². The standard InChI is InChI=1S/C8H15N3O5/c1-4-8(14)15-6(2)16-10-9-11(3)5-7(12)13/h6H,4-5H2,1-3H3,(H,12,13)/b10-9-. The van der Waals surface area contributed by atoms with E-state index in [1.165, 1.54) is 14.0 Å². The minimum atomic E-state index is -1.04. The first-order chi connectivity index (χ1) is 7.45. The number of carboxylic acid groups (broad SMARTS) is 1. The van der Waals surface area contributed by atoms with Gasteiger partial charge in [-0.2, -0.15) is 0 Å². The number of likely N-dealkylation sites (N-methyl/N-ethyl adjacent to an activating group) is 1. The second-order valence-electron chi connectivity index (χ2n) is 2.90. The SMILES string of the molecule is CCC(=O)OC(C)O/N=N\N(C)CC(=O)O. The molecule has 0 amide bonds. The maximum absolute atomic E-state index is 10.8. The molecule has 8 nitrogen and oxygen atoms in total. The smallest absolute Gasteiger partial charge is 0.324 e. The van der Waals surface area contributed by atoms with Crippen LogP contribution in [0.15, 0.2) is 10.5 Å². The Bertz CT molecular complexity index is 268. The van der Waals surface area contributed by atoms with Gasteiger partial charge in [0, 0.05) is 25.7 Å². The van der Waals surface area contributed by atoms with Crippen LogP contribution >= 0.6 is 0 Å². The first-order valence-electron chi connectivity index (χ1n) is 4.64. The predicted molar refractivity (Wildman–Crippen MR) is 52.1 cm³/mol. The van der Waals surface area contributed by atoms with Gasteiger partial charge in [-0.3, -0.25) is 14.6 Å². The van der Waals surface area contributed by atoms with Gasteiger partial charge in [-0.1, -0.05) is 6.92 Å². The molecule has 1 N–H and O–H groups in total. The highest BCUT2D eigenvalue weighted by Crippen LogP contribution is 1.98. The summed E-state index contributed by atoms with van der Waals surface area (Å²) >= 11 is 0. The van der Waals surface area contributed by atoms with Crippen molar-refractivity contribution in [1.29, 1.82) is 0 Å². The Morgan fingerprint density at radius 1 is 1.50 bits per heavy atom. The Balaban J connectivity index is 3.81. The third kappa shape index (κ3) is 7.54. The number of carbonyl (C=O) groups excluding carboxylic acids is 1. The van der Waals surface area contributed by atoms with Crippen molar-refractivity contribution in [2.24, 2.45) is 10.5 Å². The number of rotatable bonds is 7. The molecule has 0 aliphatic carbocycles. The quantitative estimate of drug-likeness (QED) is 0.299. The van der Waals surface area contributed by atoms with Crippen LogP contribution < -0.4 is 0 Å². The zero-order chi connectivity index (χ0) is 12.6. The highest BCUT2D eigenvalue weighted by atomic mass is 16.8. The largest absolute Gasteiger partial charge is 0.480 e. The van der Waals surface area contributed by atoms with E-state index in [2.05, 4.69) is 15.3 Å². The van der Waals surface area contributed by atoms with E-state index in [4.69, 9.17) is 9.84 Å². The number of aliphatic carboxylic acids is 1. The minimum Gasteiger partial charge on any atom is -0.480 e. The lowest BCUT2D eigenvalue weighted by atomic mass is 10.5. The molecule has 1 atom stereocenters. The maximum Gasteiger partial charge on any atom is 0.324 e. The van der Waals surface area contributed by atoms with Crippen LogP contribution in [0.5, 0.6) is 0 Å². The third-order valence-electron chi connectivity index (χ3n) is 1.33. The van der Waals surface area contributed by atoms with Crippen LogP contribution in [0.2, 0.25) is 0 Å². The van der Waals surface area contributed by atoms with Crippen LogP contribution in [0.3, 0.4) is 0 Å². The molecule has 0 aromatic heterocycles. The van der Waals surface area contributed by atoms with Crippen molar-refractivity contribution in [3.63, 3.8) is 0 Å². The molecule has 0 aromatic carbocycles. The van der Waals surface area contributed by atoms with Gasteiger partial charge >= 0.3 is 11.9 Å². The Morgan fingerprint density at radius 2 is 2.12 bits per heavy atom. The highest BCUT2D eigenvalue weighted by molar-refractivity contribution is 5.69. The monoisotopic (exact) mass is 233 g/mol. The van der Waals surface area contributed by atoms with Crippen LogP contribution in [0, 0.1) is 0 Å². The predicted octanol–water partition coefficient (Wildman–Crippen LogP) is 0.601. The van der Waals surface area contributed by atoms with Gasteiger partial charge in [-0.25, -0.2) is 0 Å². The van der Waals surface area contributed by atoms with Gasteiger partial charge in [0.05, 0.1) is 0 Å². The lowest BCUT2D eigenvalue weighted by Gasteiger charge is -2.10. The first kappa shape index (κ1) is 14.1. The third-order valence-corrected chi connectivity index (χ3v) is 1.33. The normalized spacial score (nSPS) is 12.2. The van der Waals surface area contributed by atoms with E-state index in [0.717, 1.165) is 5.01 Å². The molecule has 0 saturated heterocycles. The van der Waals surface area contributed by atoms with Crippen LogP contribution in [0.4, 0.5) is 0 Å². The summed E-state index contributed by atoms with van der Waals surface area (Å²) in [5.74, 6) is -1.45. The van der Waals surface area contributed by atoms with Crippen molar-refractivity contribution >= 4 is 11.9 Å². The summed E-state index contributed by atoms with van der Waals surface area (Å²) in [5, 5.41) is 16.1. The fraction of sp³-hybridized carbons (Fsp3) is 0.750. The summed E-state index contributed by atoms with van der Waals surface area (Å²) in [6, 6.07) is 0. The molecular formula is C8H15N3O5. The van der Waals surface area contributed by atoms with Crippen molar-refractivity contribution in [3.05, 3.63) is 0 Å². The van der Waals surface area contributed by atoms with E-state index in [9.17, 15) is 9.59 Å². The highest BCUT2D eigenvalue weighted by Gasteiger charge is 2.07. The molecule has 0 saturated carbocycles.